The molecule has 27 heavy (non-hydrogen) atoms. The molecule has 0 aromatic carbocycles. The number of amides is 1. The van der Waals surface area contributed by atoms with Crippen molar-refractivity contribution in [3.8, 4) is 11.1 Å². The average Bonchev–Trinajstić information content (AvgIpc) is 3.32. The molecule has 1 amide bonds. The van der Waals surface area contributed by atoms with Gasteiger partial charge in [0.05, 0.1) is 13.2 Å². The largest absolute Gasteiger partial charge is 0.366 e. The van der Waals surface area contributed by atoms with E-state index in [4.69, 9.17) is 4.74 Å². The lowest BCUT2D eigenvalue weighted by Crippen LogP contribution is -2.46. The van der Waals surface area contributed by atoms with E-state index in [-0.39, 0.29) is 6.54 Å². The van der Waals surface area contributed by atoms with E-state index in [1.165, 1.54) is 4.90 Å². The van der Waals surface area contributed by atoms with Crippen molar-refractivity contribution in [2.45, 2.75) is 24.6 Å². The number of carbonyl (C=O) groups excluding carboxylic acids is 1. The number of carbonyl (C=O) groups is 1. The number of nitrogens with zero attached hydrogens (tertiary/aromatic N) is 5. The average molecular weight is 367 g/mol. The van der Waals surface area contributed by atoms with Crippen molar-refractivity contribution >= 4 is 11.6 Å². The molecule has 7 nitrogen and oxygen atoms in total. The molecule has 3 aromatic rings. The smallest absolute Gasteiger partial charge is 0.260 e. The predicted octanol–water partition coefficient (Wildman–Crippen LogP) is 2.19. The summed E-state index contributed by atoms with van der Waals surface area (Å²) in [6, 6.07) is 7.70. The Morgan fingerprint density at radius 1 is 1.26 bits per heavy atom. The number of pyridine rings is 2. The fraction of sp³-hybridized carbons (Fsp3) is 0.368. The second kappa shape index (κ2) is 6.09. The van der Waals surface area contributed by atoms with Gasteiger partial charge in [-0.3, -0.25) is 9.78 Å². The van der Waals surface area contributed by atoms with Crippen molar-refractivity contribution < 1.29 is 13.9 Å². The highest BCUT2D eigenvalue weighted by atomic mass is 19.1. The zero-order valence-corrected chi connectivity index (χ0v) is 14.6. The molecule has 1 unspecified atom stereocenters. The summed E-state index contributed by atoms with van der Waals surface area (Å²) in [5, 5.41) is 4.52. The van der Waals surface area contributed by atoms with Crippen LogP contribution in [0.1, 0.15) is 24.8 Å². The number of hydrogen-bond acceptors (Lipinski definition) is 5. The molecule has 0 spiro atoms. The zero-order valence-electron chi connectivity index (χ0n) is 14.6. The SMILES string of the molecule is O=C(N1CCOC(c2nc3ccc(-c4cccnc4)cn3n2)C1)C1(F)CC1. The molecule has 0 bridgehead atoms. The summed E-state index contributed by atoms with van der Waals surface area (Å²) in [6.07, 6.45) is 5.58. The lowest BCUT2D eigenvalue weighted by molar-refractivity contribution is -0.146. The van der Waals surface area contributed by atoms with Gasteiger partial charge in [-0.25, -0.2) is 13.9 Å². The standard InChI is InChI=1S/C19H18FN5O2/c20-19(5-6-19)18(26)24-8-9-27-15(12-24)17-22-16-4-3-14(11-25(16)23-17)13-2-1-7-21-10-13/h1-4,7,10-11,15H,5-6,8-9,12H2. The third-order valence-corrected chi connectivity index (χ3v) is 5.06. The van der Waals surface area contributed by atoms with Crippen molar-refractivity contribution in [1.29, 1.82) is 0 Å². The van der Waals surface area contributed by atoms with Gasteiger partial charge in [-0.05, 0) is 31.0 Å². The molecule has 2 aliphatic rings. The van der Waals surface area contributed by atoms with Gasteiger partial charge in [-0.1, -0.05) is 6.07 Å². The van der Waals surface area contributed by atoms with Crippen LogP contribution in [0.3, 0.4) is 0 Å². The van der Waals surface area contributed by atoms with Crippen molar-refractivity contribution in [2.24, 2.45) is 0 Å². The lowest BCUT2D eigenvalue weighted by atomic mass is 10.1. The number of fused-ring (bicyclic) bond motifs is 1. The maximum atomic E-state index is 14.1. The third kappa shape index (κ3) is 2.95. The predicted molar refractivity (Wildman–Crippen MR) is 94.6 cm³/mol. The Labute approximate surface area is 154 Å². The fourth-order valence-corrected chi connectivity index (χ4v) is 3.34. The van der Waals surface area contributed by atoms with Crippen LogP contribution in [0.5, 0.6) is 0 Å². The highest BCUT2D eigenvalue weighted by Gasteiger charge is 2.53. The highest BCUT2D eigenvalue weighted by molar-refractivity contribution is 5.88. The van der Waals surface area contributed by atoms with Crippen molar-refractivity contribution in [2.75, 3.05) is 19.7 Å². The molecule has 1 aliphatic carbocycles. The molecule has 0 radical (unpaired) electrons. The normalized spacial score (nSPS) is 21.4. The molecule has 138 valence electrons. The van der Waals surface area contributed by atoms with Gasteiger partial charge in [-0.15, -0.1) is 5.10 Å². The second-order valence-corrected chi connectivity index (χ2v) is 7.01. The van der Waals surface area contributed by atoms with Crippen molar-refractivity contribution in [3.63, 3.8) is 0 Å². The first-order chi connectivity index (χ1) is 13.1. The van der Waals surface area contributed by atoms with Crippen LogP contribution >= 0.6 is 0 Å². The number of alkyl halides is 1. The van der Waals surface area contributed by atoms with Crippen LogP contribution in [0.25, 0.3) is 16.8 Å². The Balaban J connectivity index is 1.40. The minimum atomic E-state index is -1.66. The molecule has 1 saturated carbocycles. The Hall–Kier alpha value is -2.87. The van der Waals surface area contributed by atoms with Crippen LogP contribution in [0.15, 0.2) is 42.9 Å². The zero-order chi connectivity index (χ0) is 18.4. The summed E-state index contributed by atoms with van der Waals surface area (Å²) in [5.41, 5.74) is 0.988. The molecule has 1 saturated heterocycles. The lowest BCUT2D eigenvalue weighted by Gasteiger charge is -2.32. The van der Waals surface area contributed by atoms with Gasteiger partial charge in [0.1, 0.15) is 6.10 Å². The minimum Gasteiger partial charge on any atom is -0.366 e. The van der Waals surface area contributed by atoms with Crippen LogP contribution in [0, 0.1) is 0 Å². The van der Waals surface area contributed by atoms with Crippen LogP contribution in [0.4, 0.5) is 4.39 Å². The van der Waals surface area contributed by atoms with Gasteiger partial charge in [0.25, 0.3) is 5.91 Å². The molecule has 0 N–H and O–H groups in total. The van der Waals surface area contributed by atoms with E-state index in [0.29, 0.717) is 37.5 Å². The number of halogens is 1. The van der Waals surface area contributed by atoms with E-state index in [0.717, 1.165) is 11.1 Å². The number of hydrogen-bond donors (Lipinski definition) is 0. The summed E-state index contributed by atoms with van der Waals surface area (Å²) in [6.45, 7) is 1.03. The first kappa shape index (κ1) is 16.3. The van der Waals surface area contributed by atoms with Crippen LogP contribution in [-0.4, -0.2) is 55.8 Å². The molecular formula is C19H18FN5O2. The first-order valence-corrected chi connectivity index (χ1v) is 8.99. The van der Waals surface area contributed by atoms with Gasteiger partial charge in [-0.2, -0.15) is 0 Å². The highest BCUT2D eigenvalue weighted by Crippen LogP contribution is 2.42. The summed E-state index contributed by atoms with van der Waals surface area (Å²) in [4.78, 5) is 22.5. The molecule has 4 heterocycles. The fourth-order valence-electron chi connectivity index (χ4n) is 3.34. The van der Waals surface area contributed by atoms with Gasteiger partial charge < -0.3 is 9.64 Å². The van der Waals surface area contributed by atoms with E-state index in [1.54, 1.807) is 16.9 Å². The molecule has 1 atom stereocenters. The topological polar surface area (TPSA) is 72.6 Å². The molecular weight excluding hydrogens is 349 g/mol. The summed E-state index contributed by atoms with van der Waals surface area (Å²) in [5.74, 6) is 0.0676. The first-order valence-electron chi connectivity index (χ1n) is 8.99. The Morgan fingerprint density at radius 3 is 2.93 bits per heavy atom. The Morgan fingerprint density at radius 2 is 2.15 bits per heavy atom. The van der Waals surface area contributed by atoms with Gasteiger partial charge >= 0.3 is 0 Å². The Bertz CT molecular complexity index is 1000. The number of rotatable bonds is 3. The second-order valence-electron chi connectivity index (χ2n) is 7.01. The quantitative estimate of drug-likeness (QED) is 0.710. The monoisotopic (exact) mass is 367 g/mol. The van der Waals surface area contributed by atoms with Crippen molar-refractivity contribution in [3.05, 3.63) is 48.7 Å². The van der Waals surface area contributed by atoms with E-state index in [2.05, 4.69) is 15.1 Å². The van der Waals surface area contributed by atoms with E-state index >= 15 is 0 Å². The third-order valence-electron chi connectivity index (χ3n) is 5.06. The maximum absolute atomic E-state index is 14.1. The summed E-state index contributed by atoms with van der Waals surface area (Å²) < 4.78 is 21.6. The van der Waals surface area contributed by atoms with E-state index in [1.807, 2.05) is 30.5 Å². The van der Waals surface area contributed by atoms with Crippen molar-refractivity contribution in [1.82, 2.24) is 24.5 Å². The van der Waals surface area contributed by atoms with Crippen LogP contribution < -0.4 is 0 Å². The molecule has 1 aliphatic heterocycles. The van der Waals surface area contributed by atoms with E-state index in [9.17, 15) is 9.18 Å². The number of aromatic nitrogens is 4. The van der Waals surface area contributed by atoms with Crippen LogP contribution in [0.2, 0.25) is 0 Å². The maximum Gasteiger partial charge on any atom is 0.260 e. The Kier molecular flexibility index (Phi) is 3.68. The minimum absolute atomic E-state index is 0.275. The summed E-state index contributed by atoms with van der Waals surface area (Å²) in [7, 11) is 0. The molecule has 8 heteroatoms. The molecule has 5 rings (SSSR count). The van der Waals surface area contributed by atoms with Crippen LogP contribution in [-0.2, 0) is 9.53 Å². The summed E-state index contributed by atoms with van der Waals surface area (Å²) >= 11 is 0. The number of morpholine rings is 1. The van der Waals surface area contributed by atoms with E-state index < -0.39 is 17.7 Å². The molecule has 3 aromatic heterocycles. The van der Waals surface area contributed by atoms with Gasteiger partial charge in [0.2, 0.25) is 0 Å². The van der Waals surface area contributed by atoms with Gasteiger partial charge in [0, 0.05) is 36.3 Å². The number of ether oxygens (including phenoxy) is 1. The molecule has 2 fully saturated rings. The van der Waals surface area contributed by atoms with Gasteiger partial charge in [0.15, 0.2) is 17.1 Å².